The van der Waals surface area contributed by atoms with Crippen molar-refractivity contribution in [3.63, 3.8) is 0 Å². The molecular formula is C25H30N6O4. The zero-order valence-corrected chi connectivity index (χ0v) is 20.6. The van der Waals surface area contributed by atoms with Crippen LogP contribution in [0.15, 0.2) is 35.3 Å². The number of anilines is 2. The third-order valence-electron chi connectivity index (χ3n) is 6.42. The van der Waals surface area contributed by atoms with Crippen molar-refractivity contribution in [1.82, 2.24) is 19.9 Å². The quantitative estimate of drug-likeness (QED) is 0.472. The highest BCUT2D eigenvalue weighted by molar-refractivity contribution is 5.79. The Morgan fingerprint density at radius 1 is 1.23 bits per heavy atom. The average Bonchev–Trinajstić information content (AvgIpc) is 3.31. The average molecular weight is 479 g/mol. The fourth-order valence-electron chi connectivity index (χ4n) is 4.02. The Bertz CT molecular complexity index is 1350. The van der Waals surface area contributed by atoms with E-state index in [-0.39, 0.29) is 30.5 Å². The molecule has 2 aromatic heterocycles. The largest absolute Gasteiger partial charge is 0.454 e. The molecule has 0 spiro atoms. The molecule has 1 atom stereocenters. The smallest absolute Gasteiger partial charge is 0.299 e. The van der Waals surface area contributed by atoms with Gasteiger partial charge in [0, 0.05) is 24.6 Å². The van der Waals surface area contributed by atoms with Crippen LogP contribution in [0.4, 0.5) is 11.5 Å². The fourth-order valence-corrected chi connectivity index (χ4v) is 4.02. The summed E-state index contributed by atoms with van der Waals surface area (Å²) in [5, 5.41) is 5.93. The third-order valence-corrected chi connectivity index (χ3v) is 6.42. The standard InChI is InChI=1S/C25H30N6O4/c1-6-25(4,17-7-8-19-20(11-17)35-13-34-19)30-22-24(33)31(14(2)12-28-22)23-18(26)9-16(15(3)29-23)10-21(32)27-5/h7-9,11-12H,6,10,13,26H2,1-5H3,(H,27,32)(H,28,30). The van der Waals surface area contributed by atoms with Gasteiger partial charge in [0.05, 0.1) is 17.6 Å². The highest BCUT2D eigenvalue weighted by Gasteiger charge is 2.29. The Labute approximate surface area is 203 Å². The predicted octanol–water partition coefficient (Wildman–Crippen LogP) is 2.58. The predicted molar refractivity (Wildman–Crippen MR) is 133 cm³/mol. The molecule has 0 fully saturated rings. The SMILES string of the molecule is CCC(C)(Nc1ncc(C)n(-c2nc(C)c(CC(=O)NC)cc2N)c1=O)c1ccc2c(c1)OCO2. The lowest BCUT2D eigenvalue weighted by Gasteiger charge is -2.31. The molecule has 4 N–H and O–H groups in total. The maximum atomic E-state index is 13.6. The first-order chi connectivity index (χ1) is 16.7. The number of nitrogens with two attached hydrogens (primary N) is 1. The van der Waals surface area contributed by atoms with Gasteiger partial charge in [0.1, 0.15) is 0 Å². The van der Waals surface area contributed by atoms with Crippen molar-refractivity contribution in [2.45, 2.75) is 46.1 Å². The zero-order valence-electron chi connectivity index (χ0n) is 20.6. The molecule has 1 aromatic carbocycles. The number of fused-ring (bicyclic) bond motifs is 1. The number of carbonyl (C=O) groups excluding carboxylic acids is 1. The lowest BCUT2D eigenvalue weighted by molar-refractivity contribution is -0.119. The number of nitrogens with one attached hydrogen (secondary N) is 2. The molecule has 0 saturated carbocycles. The van der Waals surface area contributed by atoms with Crippen LogP contribution in [0.2, 0.25) is 0 Å². The minimum atomic E-state index is -0.605. The van der Waals surface area contributed by atoms with E-state index in [0.29, 0.717) is 46.4 Å². The number of nitrogen functional groups attached to an aromatic ring is 1. The number of nitrogens with zero attached hydrogens (tertiary/aromatic N) is 3. The van der Waals surface area contributed by atoms with E-state index < -0.39 is 5.54 Å². The topological polar surface area (TPSA) is 133 Å². The summed E-state index contributed by atoms with van der Waals surface area (Å²) in [4.78, 5) is 34.4. The maximum absolute atomic E-state index is 13.6. The van der Waals surface area contributed by atoms with Gasteiger partial charge in [-0.15, -0.1) is 0 Å². The van der Waals surface area contributed by atoms with Crippen LogP contribution < -0.4 is 31.4 Å². The highest BCUT2D eigenvalue weighted by Crippen LogP contribution is 2.37. The first-order valence-corrected chi connectivity index (χ1v) is 11.4. The van der Waals surface area contributed by atoms with E-state index in [9.17, 15) is 9.59 Å². The van der Waals surface area contributed by atoms with Crippen LogP contribution in [0.3, 0.4) is 0 Å². The number of aromatic nitrogens is 3. The molecule has 184 valence electrons. The van der Waals surface area contributed by atoms with Crippen LogP contribution in [-0.4, -0.2) is 34.3 Å². The van der Waals surface area contributed by atoms with Crippen molar-refractivity contribution >= 4 is 17.4 Å². The van der Waals surface area contributed by atoms with Gasteiger partial charge in [0.2, 0.25) is 12.7 Å². The summed E-state index contributed by atoms with van der Waals surface area (Å²) in [5.74, 6) is 1.69. The number of aryl methyl sites for hydroxylation is 2. The second-order valence-electron chi connectivity index (χ2n) is 8.76. The third kappa shape index (κ3) is 4.51. The number of likely N-dealkylation sites (N-methyl/N-ethyl adjacent to an activating group) is 1. The molecule has 0 aliphatic carbocycles. The lowest BCUT2D eigenvalue weighted by atomic mass is 9.89. The Kier molecular flexibility index (Phi) is 6.38. The van der Waals surface area contributed by atoms with Gasteiger partial charge >= 0.3 is 0 Å². The van der Waals surface area contributed by atoms with Crippen LogP contribution in [0.1, 0.15) is 42.8 Å². The molecule has 1 aliphatic heterocycles. The molecule has 1 amide bonds. The number of rotatable bonds is 7. The summed E-state index contributed by atoms with van der Waals surface area (Å²) in [6, 6.07) is 7.42. The Morgan fingerprint density at radius 3 is 2.69 bits per heavy atom. The van der Waals surface area contributed by atoms with Crippen LogP contribution in [0, 0.1) is 13.8 Å². The number of carbonyl (C=O) groups is 1. The summed E-state index contributed by atoms with van der Waals surface area (Å²) < 4.78 is 12.4. The number of ether oxygens (including phenoxy) is 2. The molecule has 1 unspecified atom stereocenters. The van der Waals surface area contributed by atoms with E-state index in [0.717, 1.165) is 5.56 Å². The first kappa shape index (κ1) is 24.1. The zero-order chi connectivity index (χ0) is 25.3. The van der Waals surface area contributed by atoms with E-state index in [1.165, 1.54) is 4.57 Å². The second kappa shape index (κ2) is 9.28. The van der Waals surface area contributed by atoms with Crippen LogP contribution in [0.25, 0.3) is 5.82 Å². The van der Waals surface area contributed by atoms with Crippen molar-refractivity contribution in [1.29, 1.82) is 0 Å². The summed E-state index contributed by atoms with van der Waals surface area (Å²) in [6.45, 7) is 7.77. The van der Waals surface area contributed by atoms with Gasteiger partial charge in [-0.2, -0.15) is 0 Å². The van der Waals surface area contributed by atoms with Gasteiger partial charge in [-0.05, 0) is 56.5 Å². The van der Waals surface area contributed by atoms with E-state index in [4.69, 9.17) is 15.2 Å². The second-order valence-corrected chi connectivity index (χ2v) is 8.76. The normalized spacial score (nSPS) is 13.9. The molecule has 35 heavy (non-hydrogen) atoms. The monoisotopic (exact) mass is 478 g/mol. The minimum absolute atomic E-state index is 0.145. The molecule has 10 heteroatoms. The number of hydrogen-bond donors (Lipinski definition) is 3. The van der Waals surface area contributed by atoms with Gasteiger partial charge in [0.25, 0.3) is 5.56 Å². The fraction of sp³-hybridized carbons (Fsp3) is 0.360. The van der Waals surface area contributed by atoms with E-state index in [2.05, 4.69) is 20.6 Å². The van der Waals surface area contributed by atoms with Crippen molar-refractivity contribution in [3.05, 3.63) is 63.3 Å². The van der Waals surface area contributed by atoms with Crippen LogP contribution in [-0.2, 0) is 16.8 Å². The Balaban J connectivity index is 1.74. The summed E-state index contributed by atoms with van der Waals surface area (Å²) in [7, 11) is 1.57. The Morgan fingerprint density at radius 2 is 1.97 bits per heavy atom. The highest BCUT2D eigenvalue weighted by atomic mass is 16.7. The lowest BCUT2D eigenvalue weighted by Crippen LogP contribution is -2.36. The first-order valence-electron chi connectivity index (χ1n) is 11.4. The summed E-state index contributed by atoms with van der Waals surface area (Å²) in [6.07, 6.45) is 2.44. The van der Waals surface area contributed by atoms with E-state index >= 15 is 0 Å². The van der Waals surface area contributed by atoms with Gasteiger partial charge < -0.3 is 25.8 Å². The number of pyridine rings is 1. The molecule has 0 radical (unpaired) electrons. The van der Waals surface area contributed by atoms with Crippen molar-refractivity contribution in [2.75, 3.05) is 24.9 Å². The molecule has 1 aliphatic rings. The van der Waals surface area contributed by atoms with Crippen LogP contribution in [0.5, 0.6) is 11.5 Å². The molecule has 0 bridgehead atoms. The van der Waals surface area contributed by atoms with Gasteiger partial charge in [-0.1, -0.05) is 13.0 Å². The minimum Gasteiger partial charge on any atom is -0.454 e. The summed E-state index contributed by atoms with van der Waals surface area (Å²) in [5.41, 5.74) is 8.46. The Hall–Kier alpha value is -4.08. The number of amides is 1. The van der Waals surface area contributed by atoms with Crippen molar-refractivity contribution in [3.8, 4) is 17.3 Å². The maximum Gasteiger partial charge on any atom is 0.299 e. The number of benzene rings is 1. The van der Waals surface area contributed by atoms with Crippen LogP contribution >= 0.6 is 0 Å². The molecule has 4 rings (SSSR count). The van der Waals surface area contributed by atoms with Crippen molar-refractivity contribution in [2.24, 2.45) is 0 Å². The van der Waals surface area contributed by atoms with E-state index in [1.807, 2.05) is 32.0 Å². The number of hydrogen-bond acceptors (Lipinski definition) is 8. The molecule has 0 saturated heterocycles. The molecular weight excluding hydrogens is 448 g/mol. The van der Waals surface area contributed by atoms with Gasteiger partial charge in [0.15, 0.2) is 23.1 Å². The molecule has 10 nitrogen and oxygen atoms in total. The summed E-state index contributed by atoms with van der Waals surface area (Å²) >= 11 is 0. The van der Waals surface area contributed by atoms with Crippen molar-refractivity contribution < 1.29 is 14.3 Å². The van der Waals surface area contributed by atoms with Gasteiger partial charge in [-0.3, -0.25) is 14.2 Å². The van der Waals surface area contributed by atoms with E-state index in [1.54, 1.807) is 33.2 Å². The molecule has 3 heterocycles. The molecule has 3 aromatic rings. The van der Waals surface area contributed by atoms with Gasteiger partial charge in [-0.25, -0.2) is 9.97 Å².